The van der Waals surface area contributed by atoms with Gasteiger partial charge in [-0.3, -0.25) is 4.79 Å². The number of benzene rings is 1. The second-order valence-electron chi connectivity index (χ2n) is 5.10. The fourth-order valence-corrected chi connectivity index (χ4v) is 2.84. The number of anilines is 2. The highest BCUT2D eigenvalue weighted by molar-refractivity contribution is 5.96. The maximum absolute atomic E-state index is 11.6. The third-order valence-corrected chi connectivity index (χ3v) is 3.92. The number of amides is 1. The number of nitrogen functional groups attached to an aromatic ring is 1. The van der Waals surface area contributed by atoms with E-state index < -0.39 is 0 Å². The summed E-state index contributed by atoms with van der Waals surface area (Å²) in [6.45, 7) is 3.28. The molecular weight excluding hydrogens is 238 g/mol. The molecule has 1 unspecified atom stereocenters. The third kappa shape index (κ3) is 2.83. The summed E-state index contributed by atoms with van der Waals surface area (Å²) in [6, 6.07) is 6.18. The molecule has 0 saturated carbocycles. The van der Waals surface area contributed by atoms with Crippen LogP contribution in [0.1, 0.15) is 43.0 Å². The molecule has 0 aromatic heterocycles. The Balaban J connectivity index is 2.27. The minimum atomic E-state index is -0.0936. The monoisotopic (exact) mass is 261 g/mol. The molecule has 0 aliphatic carbocycles. The highest BCUT2D eigenvalue weighted by atomic mass is 16.1. The Morgan fingerprint density at radius 1 is 1.47 bits per heavy atom. The number of hydrogen-bond donors (Lipinski definition) is 2. The molecule has 19 heavy (non-hydrogen) atoms. The van der Waals surface area contributed by atoms with Crippen LogP contribution < -0.4 is 16.0 Å². The molecule has 104 valence electrons. The molecule has 2 rings (SSSR count). The zero-order chi connectivity index (χ0) is 13.8. The van der Waals surface area contributed by atoms with Crippen molar-refractivity contribution in [3.63, 3.8) is 0 Å². The van der Waals surface area contributed by atoms with Gasteiger partial charge in [-0.2, -0.15) is 0 Å². The molecule has 4 nitrogen and oxygen atoms in total. The van der Waals surface area contributed by atoms with Crippen molar-refractivity contribution in [3.8, 4) is 0 Å². The molecule has 1 atom stereocenters. The normalized spacial score (nSPS) is 19.3. The predicted octanol–water partition coefficient (Wildman–Crippen LogP) is 2.40. The molecule has 1 aromatic rings. The van der Waals surface area contributed by atoms with E-state index in [2.05, 4.69) is 17.1 Å². The number of nitrogens with two attached hydrogens (primary N) is 1. The molecule has 0 spiro atoms. The number of rotatable bonds is 3. The molecule has 1 aliphatic heterocycles. The zero-order valence-electron chi connectivity index (χ0n) is 11.8. The smallest absolute Gasteiger partial charge is 0.251 e. The average molecular weight is 261 g/mol. The fourth-order valence-electron chi connectivity index (χ4n) is 2.84. The summed E-state index contributed by atoms with van der Waals surface area (Å²) in [5.74, 6) is -0.0936. The Morgan fingerprint density at radius 3 is 2.89 bits per heavy atom. The van der Waals surface area contributed by atoms with E-state index in [4.69, 9.17) is 5.73 Å². The van der Waals surface area contributed by atoms with E-state index in [0.29, 0.717) is 17.3 Å². The lowest BCUT2D eigenvalue weighted by Crippen LogP contribution is -2.39. The van der Waals surface area contributed by atoms with E-state index in [1.54, 1.807) is 13.1 Å². The lowest BCUT2D eigenvalue weighted by atomic mass is 9.98. The van der Waals surface area contributed by atoms with Crippen molar-refractivity contribution in [1.82, 2.24) is 5.32 Å². The van der Waals surface area contributed by atoms with Gasteiger partial charge in [0.25, 0.3) is 5.91 Å². The molecule has 1 fully saturated rings. The van der Waals surface area contributed by atoms with Gasteiger partial charge in [-0.25, -0.2) is 0 Å². The summed E-state index contributed by atoms with van der Waals surface area (Å²) in [6.07, 6.45) is 4.88. The van der Waals surface area contributed by atoms with Gasteiger partial charge in [-0.15, -0.1) is 0 Å². The van der Waals surface area contributed by atoms with E-state index in [9.17, 15) is 4.79 Å². The van der Waals surface area contributed by atoms with E-state index in [1.807, 2.05) is 12.1 Å². The number of nitrogens with zero attached hydrogens (tertiary/aromatic N) is 1. The zero-order valence-corrected chi connectivity index (χ0v) is 11.8. The number of piperidine rings is 1. The van der Waals surface area contributed by atoms with Crippen LogP contribution in [0.2, 0.25) is 0 Å². The Labute approximate surface area is 115 Å². The lowest BCUT2D eigenvalue weighted by Gasteiger charge is -2.37. The first-order chi connectivity index (χ1) is 9.17. The minimum absolute atomic E-state index is 0.0936. The van der Waals surface area contributed by atoms with Crippen molar-refractivity contribution in [2.45, 2.75) is 38.6 Å². The second-order valence-corrected chi connectivity index (χ2v) is 5.10. The first-order valence-corrected chi connectivity index (χ1v) is 7.05. The summed E-state index contributed by atoms with van der Waals surface area (Å²) in [5, 5.41) is 2.62. The molecule has 1 saturated heterocycles. The molecule has 1 heterocycles. The topological polar surface area (TPSA) is 58.4 Å². The SMILES string of the molecule is CCC1CCCCN1c1ccc(C(=O)NC)cc1N. The van der Waals surface area contributed by atoms with Crippen LogP contribution in [0, 0.1) is 0 Å². The summed E-state index contributed by atoms with van der Waals surface area (Å²) < 4.78 is 0. The van der Waals surface area contributed by atoms with E-state index >= 15 is 0 Å². The van der Waals surface area contributed by atoms with E-state index in [0.717, 1.165) is 18.7 Å². The summed E-state index contributed by atoms with van der Waals surface area (Å²) >= 11 is 0. The van der Waals surface area contributed by atoms with E-state index in [-0.39, 0.29) is 5.91 Å². The number of nitrogens with one attached hydrogen (secondary N) is 1. The summed E-state index contributed by atoms with van der Waals surface area (Å²) in [4.78, 5) is 14.0. The molecule has 1 amide bonds. The van der Waals surface area contributed by atoms with Gasteiger partial charge >= 0.3 is 0 Å². The van der Waals surface area contributed by atoms with Gasteiger partial charge in [0.15, 0.2) is 0 Å². The van der Waals surface area contributed by atoms with Crippen LogP contribution in [0.5, 0.6) is 0 Å². The Hall–Kier alpha value is -1.71. The van der Waals surface area contributed by atoms with Gasteiger partial charge in [0, 0.05) is 25.2 Å². The Kier molecular flexibility index (Phi) is 4.30. The van der Waals surface area contributed by atoms with Gasteiger partial charge in [-0.1, -0.05) is 6.92 Å². The van der Waals surface area contributed by atoms with Gasteiger partial charge in [0.2, 0.25) is 0 Å². The Morgan fingerprint density at radius 2 is 2.26 bits per heavy atom. The van der Waals surface area contributed by atoms with Crippen LogP contribution in [-0.2, 0) is 0 Å². The van der Waals surface area contributed by atoms with E-state index in [1.165, 1.54) is 19.3 Å². The van der Waals surface area contributed by atoms with Crippen molar-refractivity contribution in [1.29, 1.82) is 0 Å². The third-order valence-electron chi connectivity index (χ3n) is 3.92. The minimum Gasteiger partial charge on any atom is -0.397 e. The molecule has 1 aromatic carbocycles. The van der Waals surface area contributed by atoms with Gasteiger partial charge < -0.3 is 16.0 Å². The summed E-state index contributed by atoms with van der Waals surface area (Å²) in [7, 11) is 1.63. The van der Waals surface area contributed by atoms with Crippen LogP contribution in [0.4, 0.5) is 11.4 Å². The molecule has 0 bridgehead atoms. The molecule has 1 aliphatic rings. The van der Waals surface area contributed by atoms with Gasteiger partial charge in [-0.05, 0) is 43.9 Å². The fraction of sp³-hybridized carbons (Fsp3) is 0.533. The van der Waals surface area contributed by atoms with Crippen molar-refractivity contribution >= 4 is 17.3 Å². The average Bonchev–Trinajstić information content (AvgIpc) is 2.46. The van der Waals surface area contributed by atoms with Crippen LogP contribution >= 0.6 is 0 Å². The molecule has 3 N–H and O–H groups in total. The molecular formula is C15H23N3O. The van der Waals surface area contributed by atoms with Crippen molar-refractivity contribution < 1.29 is 4.79 Å². The maximum Gasteiger partial charge on any atom is 0.251 e. The quantitative estimate of drug-likeness (QED) is 0.821. The molecule has 0 radical (unpaired) electrons. The van der Waals surface area contributed by atoms with Crippen molar-refractivity contribution in [2.75, 3.05) is 24.2 Å². The summed E-state index contributed by atoms with van der Waals surface area (Å²) in [5.41, 5.74) is 8.52. The predicted molar refractivity (Wildman–Crippen MR) is 79.5 cm³/mol. The number of carbonyl (C=O) groups excluding carboxylic acids is 1. The van der Waals surface area contributed by atoms with Crippen molar-refractivity contribution in [2.24, 2.45) is 0 Å². The first-order valence-electron chi connectivity index (χ1n) is 7.05. The Bertz CT molecular complexity index is 459. The van der Waals surface area contributed by atoms with Crippen LogP contribution in [0.3, 0.4) is 0 Å². The van der Waals surface area contributed by atoms with Crippen molar-refractivity contribution in [3.05, 3.63) is 23.8 Å². The van der Waals surface area contributed by atoms with Crippen LogP contribution in [-0.4, -0.2) is 25.5 Å². The van der Waals surface area contributed by atoms with Crippen LogP contribution in [0.15, 0.2) is 18.2 Å². The van der Waals surface area contributed by atoms with Gasteiger partial charge in [0.05, 0.1) is 11.4 Å². The lowest BCUT2D eigenvalue weighted by molar-refractivity contribution is 0.0963. The number of hydrogen-bond acceptors (Lipinski definition) is 3. The van der Waals surface area contributed by atoms with Gasteiger partial charge in [0.1, 0.15) is 0 Å². The largest absolute Gasteiger partial charge is 0.397 e. The molecule has 4 heteroatoms. The maximum atomic E-state index is 11.6. The highest BCUT2D eigenvalue weighted by Gasteiger charge is 2.22. The highest BCUT2D eigenvalue weighted by Crippen LogP contribution is 2.31. The first kappa shape index (κ1) is 13.7. The number of carbonyl (C=O) groups is 1. The standard InChI is InChI=1S/C15H23N3O/c1-3-12-6-4-5-9-18(12)14-8-7-11(10-13(14)16)15(19)17-2/h7-8,10,12H,3-6,9,16H2,1-2H3,(H,17,19). The second kappa shape index (κ2) is 5.95. The van der Waals surface area contributed by atoms with Crippen LogP contribution in [0.25, 0.3) is 0 Å².